The monoisotopic (exact) mass is 330 g/mol. The minimum atomic E-state index is -1.17. The lowest BCUT2D eigenvalue weighted by atomic mass is 10.2. The number of aromatic nitrogens is 3. The summed E-state index contributed by atoms with van der Waals surface area (Å²) in [7, 11) is 0. The van der Waals surface area contributed by atoms with Crippen LogP contribution in [-0.2, 0) is 11.3 Å². The molecule has 120 valence electrons. The number of halogens is 2. The van der Waals surface area contributed by atoms with Crippen LogP contribution in [0.15, 0.2) is 35.3 Å². The molecule has 2 heterocycles. The van der Waals surface area contributed by atoms with Crippen LogP contribution in [0.3, 0.4) is 0 Å². The number of nitriles is 1. The first-order chi connectivity index (χ1) is 11.5. The maximum Gasteiger partial charge on any atom is 0.338 e. The number of fused-ring (bicyclic) bond motifs is 1. The van der Waals surface area contributed by atoms with E-state index in [0.717, 1.165) is 22.7 Å². The molecule has 0 amide bonds. The summed E-state index contributed by atoms with van der Waals surface area (Å²) < 4.78 is 31.9. The second kappa shape index (κ2) is 5.92. The molecule has 0 spiro atoms. The number of esters is 1. The predicted molar refractivity (Wildman–Crippen MR) is 76.0 cm³/mol. The zero-order valence-electron chi connectivity index (χ0n) is 11.9. The number of hydrogen-bond acceptors (Lipinski definition) is 5. The largest absolute Gasteiger partial charge is 0.456 e. The number of H-pyrrole nitrogens is 1. The van der Waals surface area contributed by atoms with Gasteiger partial charge in [-0.1, -0.05) is 0 Å². The third-order valence-electron chi connectivity index (χ3n) is 3.18. The smallest absolute Gasteiger partial charge is 0.338 e. The topological polar surface area (TPSA) is 100 Å². The molecule has 0 unspecified atom stereocenters. The van der Waals surface area contributed by atoms with Gasteiger partial charge in [0.2, 0.25) is 0 Å². The van der Waals surface area contributed by atoms with Gasteiger partial charge in [-0.05, 0) is 18.2 Å². The Hall–Kier alpha value is -3.54. The van der Waals surface area contributed by atoms with Crippen molar-refractivity contribution < 1.29 is 18.3 Å². The molecular formula is C15H8F2N4O3. The van der Waals surface area contributed by atoms with Gasteiger partial charge >= 0.3 is 5.97 Å². The Labute approximate surface area is 132 Å². The van der Waals surface area contributed by atoms with Crippen molar-refractivity contribution in [3.8, 4) is 6.07 Å². The van der Waals surface area contributed by atoms with Gasteiger partial charge in [-0.15, -0.1) is 0 Å². The van der Waals surface area contributed by atoms with Gasteiger partial charge in [0.15, 0.2) is 17.3 Å². The maximum atomic E-state index is 13.1. The summed E-state index contributed by atoms with van der Waals surface area (Å²) in [4.78, 5) is 27.8. The van der Waals surface area contributed by atoms with Gasteiger partial charge in [-0.3, -0.25) is 9.89 Å². The van der Waals surface area contributed by atoms with Crippen molar-refractivity contribution in [3.05, 3.63) is 69.3 Å². The van der Waals surface area contributed by atoms with Crippen molar-refractivity contribution in [1.29, 1.82) is 5.26 Å². The average molecular weight is 330 g/mol. The van der Waals surface area contributed by atoms with Crippen molar-refractivity contribution in [2.45, 2.75) is 6.61 Å². The molecule has 0 atom stereocenters. The van der Waals surface area contributed by atoms with Crippen LogP contribution in [0, 0.1) is 23.0 Å². The number of nitrogens with zero attached hydrogens (tertiary/aromatic N) is 3. The lowest BCUT2D eigenvalue weighted by Gasteiger charge is -2.05. The van der Waals surface area contributed by atoms with Crippen LogP contribution in [-0.4, -0.2) is 20.6 Å². The van der Waals surface area contributed by atoms with E-state index >= 15 is 0 Å². The minimum absolute atomic E-state index is 0.101. The lowest BCUT2D eigenvalue weighted by molar-refractivity contribution is 0.0467. The van der Waals surface area contributed by atoms with Crippen LogP contribution in [0.25, 0.3) is 5.65 Å². The van der Waals surface area contributed by atoms with E-state index in [2.05, 4.69) is 10.1 Å². The fourth-order valence-corrected chi connectivity index (χ4v) is 2.03. The molecule has 0 bridgehead atoms. The molecule has 0 fully saturated rings. The van der Waals surface area contributed by atoms with E-state index in [1.54, 1.807) is 0 Å². The fourth-order valence-electron chi connectivity index (χ4n) is 2.03. The molecule has 7 nitrogen and oxygen atoms in total. The van der Waals surface area contributed by atoms with E-state index in [1.807, 2.05) is 6.07 Å². The third-order valence-corrected chi connectivity index (χ3v) is 3.18. The van der Waals surface area contributed by atoms with Gasteiger partial charge in [0.1, 0.15) is 18.2 Å². The number of hydrogen-bond donors (Lipinski definition) is 1. The highest BCUT2D eigenvalue weighted by atomic mass is 19.2. The number of nitrogens with one attached hydrogen (secondary N) is 1. The van der Waals surface area contributed by atoms with Crippen LogP contribution < -0.4 is 5.56 Å². The van der Waals surface area contributed by atoms with E-state index in [1.165, 1.54) is 6.20 Å². The lowest BCUT2D eigenvalue weighted by Crippen LogP contribution is -2.17. The quantitative estimate of drug-likeness (QED) is 0.734. The van der Waals surface area contributed by atoms with Crippen molar-refractivity contribution >= 4 is 11.6 Å². The molecule has 3 rings (SSSR count). The van der Waals surface area contributed by atoms with Crippen LogP contribution >= 0.6 is 0 Å². The molecule has 3 aromatic rings. The Bertz CT molecular complexity index is 1050. The second-order valence-corrected chi connectivity index (χ2v) is 4.75. The van der Waals surface area contributed by atoms with Crippen LogP contribution in [0.2, 0.25) is 0 Å². The van der Waals surface area contributed by atoms with Crippen LogP contribution in [0.5, 0.6) is 0 Å². The number of rotatable bonds is 3. The van der Waals surface area contributed by atoms with E-state index in [9.17, 15) is 18.4 Å². The molecule has 0 saturated heterocycles. The molecule has 0 saturated carbocycles. The Morgan fingerprint density at radius 2 is 2.12 bits per heavy atom. The molecule has 9 heteroatoms. The number of aromatic amines is 1. The molecule has 0 aliphatic heterocycles. The van der Waals surface area contributed by atoms with Crippen molar-refractivity contribution in [1.82, 2.24) is 14.6 Å². The van der Waals surface area contributed by atoms with Gasteiger partial charge in [0, 0.05) is 12.3 Å². The van der Waals surface area contributed by atoms with E-state index in [4.69, 9.17) is 10.00 Å². The van der Waals surface area contributed by atoms with E-state index < -0.39 is 23.2 Å². The Morgan fingerprint density at radius 1 is 1.33 bits per heavy atom. The molecular weight excluding hydrogens is 322 g/mol. The Kier molecular flexibility index (Phi) is 3.79. The molecule has 0 aliphatic carbocycles. The van der Waals surface area contributed by atoms with Gasteiger partial charge in [0.05, 0.1) is 11.3 Å². The van der Waals surface area contributed by atoms with E-state index in [-0.39, 0.29) is 29.1 Å². The fraction of sp³-hybridized carbons (Fsp3) is 0.0667. The zero-order valence-corrected chi connectivity index (χ0v) is 11.9. The first-order valence-electron chi connectivity index (χ1n) is 6.62. The highest BCUT2D eigenvalue weighted by Crippen LogP contribution is 2.11. The standard InChI is InChI=1S/C15H8F2N4O3/c16-11-2-1-8(3-12(11)17)15(23)24-7-10-4-13(22)21-14(20-10)9(5-18)6-19-21/h1-4,6,19H,7H2. The Morgan fingerprint density at radius 3 is 2.83 bits per heavy atom. The Balaban J connectivity index is 1.82. The minimum Gasteiger partial charge on any atom is -0.456 e. The van der Waals surface area contributed by atoms with E-state index in [0.29, 0.717) is 6.07 Å². The number of carbonyl (C=O) groups is 1. The summed E-state index contributed by atoms with van der Waals surface area (Å²) in [6.45, 7) is -0.361. The highest BCUT2D eigenvalue weighted by Gasteiger charge is 2.13. The zero-order chi connectivity index (χ0) is 17.3. The van der Waals surface area contributed by atoms with Crippen LogP contribution in [0.1, 0.15) is 21.6 Å². The van der Waals surface area contributed by atoms with Crippen molar-refractivity contribution in [3.63, 3.8) is 0 Å². The SMILES string of the molecule is N#Cc1c[nH]n2c(=O)cc(COC(=O)c3ccc(F)c(F)c3)nc12. The molecule has 0 aliphatic rings. The summed E-state index contributed by atoms with van der Waals surface area (Å²) >= 11 is 0. The normalized spacial score (nSPS) is 10.5. The van der Waals surface area contributed by atoms with Gasteiger partial charge in [-0.2, -0.15) is 5.26 Å². The number of benzene rings is 1. The molecule has 24 heavy (non-hydrogen) atoms. The van der Waals surface area contributed by atoms with Crippen molar-refractivity contribution in [2.75, 3.05) is 0 Å². The summed E-state index contributed by atoms with van der Waals surface area (Å²) in [6.07, 6.45) is 1.32. The summed E-state index contributed by atoms with van der Waals surface area (Å²) in [5, 5.41) is 11.5. The molecule has 2 aromatic heterocycles. The summed E-state index contributed by atoms with van der Waals surface area (Å²) in [5.41, 5.74) is -0.289. The summed E-state index contributed by atoms with van der Waals surface area (Å²) in [6, 6.07) is 5.59. The number of carbonyl (C=O) groups excluding carboxylic acids is 1. The third kappa shape index (κ3) is 2.72. The second-order valence-electron chi connectivity index (χ2n) is 4.75. The summed E-state index contributed by atoms with van der Waals surface area (Å²) in [5.74, 6) is -3.15. The predicted octanol–water partition coefficient (Wildman–Crippen LogP) is 1.53. The maximum absolute atomic E-state index is 13.1. The van der Waals surface area contributed by atoms with Crippen LogP contribution in [0.4, 0.5) is 8.78 Å². The van der Waals surface area contributed by atoms with Gasteiger partial charge in [0.25, 0.3) is 5.56 Å². The van der Waals surface area contributed by atoms with Gasteiger partial charge < -0.3 is 4.74 Å². The van der Waals surface area contributed by atoms with Gasteiger partial charge in [-0.25, -0.2) is 23.1 Å². The first-order valence-corrected chi connectivity index (χ1v) is 6.62. The molecule has 0 radical (unpaired) electrons. The highest BCUT2D eigenvalue weighted by molar-refractivity contribution is 5.89. The molecule has 1 N–H and O–H groups in total. The average Bonchev–Trinajstić information content (AvgIpc) is 2.98. The number of ether oxygens (including phenoxy) is 1. The first kappa shape index (κ1) is 15.4. The molecule has 1 aromatic carbocycles. The van der Waals surface area contributed by atoms with Crippen molar-refractivity contribution in [2.24, 2.45) is 0 Å².